The standard InChI is InChI=1S/C11H11N3S/c1-2-8(6-12)10-7-15-11(14-10)9-4-3-5-13-9/h3-5,7-8,13H,2H2,1H3. The lowest BCUT2D eigenvalue weighted by molar-refractivity contribution is 0.795. The number of nitrogens with one attached hydrogen (secondary N) is 1. The number of nitrogens with zero attached hydrogens (tertiary/aromatic N) is 2. The van der Waals surface area contributed by atoms with Crippen molar-refractivity contribution in [3.8, 4) is 16.8 Å². The van der Waals surface area contributed by atoms with Crippen LogP contribution < -0.4 is 0 Å². The van der Waals surface area contributed by atoms with Gasteiger partial charge in [0.15, 0.2) is 0 Å². The van der Waals surface area contributed by atoms with Crippen LogP contribution in [0.4, 0.5) is 0 Å². The summed E-state index contributed by atoms with van der Waals surface area (Å²) in [6.07, 6.45) is 2.68. The molecule has 0 aliphatic rings. The monoisotopic (exact) mass is 217 g/mol. The van der Waals surface area contributed by atoms with E-state index in [4.69, 9.17) is 5.26 Å². The Hall–Kier alpha value is -1.60. The first-order valence-corrected chi connectivity index (χ1v) is 5.72. The molecule has 2 aromatic heterocycles. The highest BCUT2D eigenvalue weighted by atomic mass is 32.1. The zero-order chi connectivity index (χ0) is 10.7. The molecule has 1 N–H and O–H groups in total. The van der Waals surface area contributed by atoms with Crippen LogP contribution in [0.2, 0.25) is 0 Å². The van der Waals surface area contributed by atoms with Gasteiger partial charge in [0.25, 0.3) is 0 Å². The van der Waals surface area contributed by atoms with Crippen LogP contribution >= 0.6 is 11.3 Å². The maximum absolute atomic E-state index is 8.93. The Balaban J connectivity index is 2.29. The summed E-state index contributed by atoms with van der Waals surface area (Å²) in [4.78, 5) is 7.57. The van der Waals surface area contributed by atoms with E-state index >= 15 is 0 Å². The molecule has 0 spiro atoms. The molecule has 4 heteroatoms. The Morgan fingerprint density at radius 3 is 3.13 bits per heavy atom. The van der Waals surface area contributed by atoms with Crippen LogP contribution in [0.1, 0.15) is 25.0 Å². The number of rotatable bonds is 3. The molecule has 0 radical (unpaired) electrons. The van der Waals surface area contributed by atoms with Crippen molar-refractivity contribution >= 4 is 11.3 Å². The summed E-state index contributed by atoms with van der Waals surface area (Å²) in [5.41, 5.74) is 1.90. The van der Waals surface area contributed by atoms with E-state index in [9.17, 15) is 0 Å². The van der Waals surface area contributed by atoms with Crippen molar-refractivity contribution < 1.29 is 0 Å². The first-order chi connectivity index (χ1) is 7.35. The highest BCUT2D eigenvalue weighted by molar-refractivity contribution is 7.13. The number of hydrogen-bond donors (Lipinski definition) is 1. The molecule has 1 unspecified atom stereocenters. The minimum Gasteiger partial charge on any atom is -0.359 e. The molecular weight excluding hydrogens is 206 g/mol. The highest BCUT2D eigenvalue weighted by Crippen LogP contribution is 2.26. The first kappa shape index (κ1) is 9.94. The van der Waals surface area contributed by atoms with Crippen LogP contribution in [0.5, 0.6) is 0 Å². The Morgan fingerprint density at radius 1 is 1.67 bits per heavy atom. The third kappa shape index (κ3) is 1.92. The van der Waals surface area contributed by atoms with Gasteiger partial charge in [0.05, 0.1) is 23.4 Å². The van der Waals surface area contributed by atoms with Gasteiger partial charge in [-0.1, -0.05) is 6.92 Å². The molecule has 0 aliphatic heterocycles. The zero-order valence-corrected chi connectivity index (χ0v) is 9.21. The fourth-order valence-electron chi connectivity index (χ4n) is 1.40. The Bertz CT molecular complexity index is 464. The quantitative estimate of drug-likeness (QED) is 0.858. The summed E-state index contributed by atoms with van der Waals surface area (Å²) < 4.78 is 0. The van der Waals surface area contributed by atoms with E-state index in [2.05, 4.69) is 16.0 Å². The molecule has 0 saturated carbocycles. The van der Waals surface area contributed by atoms with Crippen molar-refractivity contribution in [2.75, 3.05) is 0 Å². The summed E-state index contributed by atoms with van der Waals surface area (Å²) in [5.74, 6) is -0.0787. The number of nitriles is 1. The van der Waals surface area contributed by atoms with Crippen LogP contribution in [0.15, 0.2) is 23.7 Å². The summed E-state index contributed by atoms with van der Waals surface area (Å²) in [6, 6.07) is 6.19. The smallest absolute Gasteiger partial charge is 0.139 e. The van der Waals surface area contributed by atoms with E-state index < -0.39 is 0 Å². The molecule has 0 bridgehead atoms. The van der Waals surface area contributed by atoms with Gasteiger partial charge < -0.3 is 4.98 Å². The molecule has 2 rings (SSSR count). The molecule has 1 atom stereocenters. The number of aromatic amines is 1. The minimum absolute atomic E-state index is 0.0787. The lowest BCUT2D eigenvalue weighted by atomic mass is 10.1. The predicted molar refractivity (Wildman–Crippen MR) is 60.5 cm³/mol. The lowest BCUT2D eigenvalue weighted by Crippen LogP contribution is -1.93. The van der Waals surface area contributed by atoms with Gasteiger partial charge in [-0.25, -0.2) is 4.98 Å². The van der Waals surface area contributed by atoms with Crippen molar-refractivity contribution in [3.63, 3.8) is 0 Å². The molecule has 0 aliphatic carbocycles. The first-order valence-electron chi connectivity index (χ1n) is 4.84. The Labute approximate surface area is 92.4 Å². The molecule has 0 saturated heterocycles. The summed E-state index contributed by atoms with van der Waals surface area (Å²) in [7, 11) is 0. The van der Waals surface area contributed by atoms with Gasteiger partial charge in [-0.3, -0.25) is 0 Å². The predicted octanol–water partition coefficient (Wildman–Crippen LogP) is 3.16. The fraction of sp³-hybridized carbons (Fsp3) is 0.273. The normalized spacial score (nSPS) is 12.3. The van der Waals surface area contributed by atoms with Gasteiger partial charge >= 0.3 is 0 Å². The van der Waals surface area contributed by atoms with Gasteiger partial charge in [0, 0.05) is 11.6 Å². The van der Waals surface area contributed by atoms with Crippen LogP contribution in [0, 0.1) is 11.3 Å². The largest absolute Gasteiger partial charge is 0.359 e. The van der Waals surface area contributed by atoms with Gasteiger partial charge in [0.2, 0.25) is 0 Å². The van der Waals surface area contributed by atoms with Crippen LogP contribution in [-0.4, -0.2) is 9.97 Å². The maximum Gasteiger partial charge on any atom is 0.139 e. The number of hydrogen-bond acceptors (Lipinski definition) is 3. The zero-order valence-electron chi connectivity index (χ0n) is 8.40. The molecule has 2 aromatic rings. The van der Waals surface area contributed by atoms with Crippen LogP contribution in [0.3, 0.4) is 0 Å². The third-order valence-electron chi connectivity index (χ3n) is 2.27. The van der Waals surface area contributed by atoms with Gasteiger partial charge in [-0.2, -0.15) is 5.26 Å². The molecule has 0 amide bonds. The summed E-state index contributed by atoms with van der Waals surface area (Å²) in [6.45, 7) is 2.00. The average Bonchev–Trinajstić information content (AvgIpc) is 2.89. The Kier molecular flexibility index (Phi) is 2.84. The SMILES string of the molecule is CCC(C#N)c1csc(-c2ccc[nH]2)n1. The molecule has 76 valence electrons. The van der Waals surface area contributed by atoms with Gasteiger partial charge in [-0.15, -0.1) is 11.3 Å². The summed E-state index contributed by atoms with van der Waals surface area (Å²) >= 11 is 1.57. The molecule has 15 heavy (non-hydrogen) atoms. The van der Waals surface area contributed by atoms with Crippen molar-refractivity contribution in [3.05, 3.63) is 29.4 Å². The van der Waals surface area contributed by atoms with Crippen LogP contribution in [-0.2, 0) is 0 Å². The maximum atomic E-state index is 8.93. The second kappa shape index (κ2) is 4.28. The molecule has 0 aromatic carbocycles. The average molecular weight is 217 g/mol. The van der Waals surface area contributed by atoms with Crippen molar-refractivity contribution in [2.45, 2.75) is 19.3 Å². The molecule has 3 nitrogen and oxygen atoms in total. The topological polar surface area (TPSA) is 52.5 Å². The minimum atomic E-state index is -0.0787. The number of thiazole rings is 1. The van der Waals surface area contributed by atoms with E-state index in [1.54, 1.807) is 11.3 Å². The number of H-pyrrole nitrogens is 1. The fourth-order valence-corrected chi connectivity index (χ4v) is 2.26. The summed E-state index contributed by atoms with van der Waals surface area (Å²) in [5, 5.41) is 11.8. The van der Waals surface area contributed by atoms with E-state index in [0.717, 1.165) is 22.8 Å². The van der Waals surface area contributed by atoms with Crippen molar-refractivity contribution in [1.29, 1.82) is 5.26 Å². The van der Waals surface area contributed by atoms with E-state index in [1.807, 2.05) is 30.6 Å². The molecular formula is C11H11N3S. The van der Waals surface area contributed by atoms with E-state index in [0.29, 0.717) is 0 Å². The van der Waals surface area contributed by atoms with Crippen molar-refractivity contribution in [2.24, 2.45) is 0 Å². The van der Waals surface area contributed by atoms with Crippen molar-refractivity contribution in [1.82, 2.24) is 9.97 Å². The van der Waals surface area contributed by atoms with Crippen LogP contribution in [0.25, 0.3) is 10.7 Å². The molecule has 0 fully saturated rings. The van der Waals surface area contributed by atoms with E-state index in [1.165, 1.54) is 0 Å². The lowest BCUT2D eigenvalue weighted by Gasteiger charge is -1.99. The van der Waals surface area contributed by atoms with Gasteiger partial charge in [-0.05, 0) is 18.6 Å². The second-order valence-corrected chi connectivity index (χ2v) is 4.11. The second-order valence-electron chi connectivity index (χ2n) is 3.25. The molecule has 2 heterocycles. The highest BCUT2D eigenvalue weighted by Gasteiger charge is 2.13. The third-order valence-corrected chi connectivity index (χ3v) is 3.17. The Morgan fingerprint density at radius 2 is 2.53 bits per heavy atom. The van der Waals surface area contributed by atoms with E-state index in [-0.39, 0.29) is 5.92 Å². The number of aromatic nitrogens is 2. The van der Waals surface area contributed by atoms with Gasteiger partial charge in [0.1, 0.15) is 5.01 Å².